The van der Waals surface area contributed by atoms with Gasteiger partial charge in [-0.05, 0) is 174 Å². The maximum atomic E-state index is 7.69. The van der Waals surface area contributed by atoms with Gasteiger partial charge in [0, 0.05) is 34.6 Å². The zero-order chi connectivity index (χ0) is 48.2. The predicted octanol–water partition coefficient (Wildman–Crippen LogP) is 16.3. The summed E-state index contributed by atoms with van der Waals surface area (Å²) in [5.41, 5.74) is 24.8. The van der Waals surface area contributed by atoms with E-state index < -0.39 is 0 Å². The summed E-state index contributed by atoms with van der Waals surface area (Å²) in [5, 5.41) is 1.22. The van der Waals surface area contributed by atoms with Gasteiger partial charge in [-0.3, -0.25) is 0 Å². The zero-order valence-electron chi connectivity index (χ0n) is 43.8. The SMILES string of the molecule is Cc1cc2c3c(c1)N(Cc1ccc(C(C)(C)C)cc1-c1ccccc1)c1c(oc4cc5c(cc14)C(C)(C)CCC5(C)C)B3N(c1ccc3c(c1)C(C)(C)CCC3(C)C)c1ccc(C(C)(C)C)cc1-2. The highest BCUT2D eigenvalue weighted by molar-refractivity contribution is 6.93. The highest BCUT2D eigenvalue weighted by atomic mass is 16.3. The topological polar surface area (TPSA) is 19.6 Å². The Bertz CT molecular complexity index is 3200. The van der Waals surface area contributed by atoms with Crippen molar-refractivity contribution in [1.29, 1.82) is 0 Å². The molecule has 0 unspecified atom stereocenters. The Hall–Kier alpha value is -5.48. The molecule has 2 aliphatic heterocycles. The van der Waals surface area contributed by atoms with Crippen LogP contribution in [0.1, 0.15) is 167 Å². The summed E-state index contributed by atoms with van der Waals surface area (Å²) in [4.78, 5) is 5.35. The maximum Gasteiger partial charge on any atom is 0.375 e. The lowest BCUT2D eigenvalue weighted by Crippen LogP contribution is -2.61. The number of fused-ring (bicyclic) bond motifs is 8. The van der Waals surface area contributed by atoms with Crippen molar-refractivity contribution in [2.45, 2.75) is 169 Å². The van der Waals surface area contributed by atoms with Crippen molar-refractivity contribution in [2.75, 3.05) is 9.71 Å². The number of nitrogens with zero attached hydrogens (tertiary/aromatic N) is 2. The van der Waals surface area contributed by atoms with Crippen molar-refractivity contribution < 1.29 is 4.42 Å². The van der Waals surface area contributed by atoms with E-state index in [1.807, 2.05) is 0 Å². The molecule has 7 aromatic rings. The second kappa shape index (κ2) is 14.8. The van der Waals surface area contributed by atoms with Crippen LogP contribution in [0.3, 0.4) is 0 Å². The molecule has 3 nitrogen and oxygen atoms in total. The molecule has 0 spiro atoms. The fraction of sp³-hybridized carbons (Fsp3) is 0.406. The minimum Gasteiger partial charge on any atom is -0.466 e. The summed E-state index contributed by atoms with van der Waals surface area (Å²) in [6.45, 7) is 36.4. The lowest BCUT2D eigenvalue weighted by molar-refractivity contribution is 0.332. The van der Waals surface area contributed by atoms with Crippen molar-refractivity contribution in [1.82, 2.24) is 0 Å². The molecule has 0 saturated carbocycles. The molecule has 4 heteroatoms. The summed E-state index contributed by atoms with van der Waals surface area (Å²) in [5.74, 6) is 0. The van der Waals surface area contributed by atoms with Gasteiger partial charge in [0.05, 0.1) is 5.69 Å². The van der Waals surface area contributed by atoms with Crippen molar-refractivity contribution in [3.63, 3.8) is 0 Å². The Morgan fingerprint density at radius 1 is 0.544 bits per heavy atom. The molecule has 0 bridgehead atoms. The Balaban J connectivity index is 1.24. The minimum atomic E-state index is -0.195. The van der Waals surface area contributed by atoms with Crippen molar-refractivity contribution in [2.24, 2.45) is 0 Å². The van der Waals surface area contributed by atoms with E-state index in [2.05, 4.69) is 223 Å². The Kier molecular flexibility index (Phi) is 9.77. The van der Waals surface area contributed by atoms with Gasteiger partial charge in [0.25, 0.3) is 0 Å². The average molecular weight is 897 g/mol. The predicted molar refractivity (Wildman–Crippen MR) is 292 cm³/mol. The number of anilines is 4. The van der Waals surface area contributed by atoms with E-state index in [0.717, 1.165) is 24.1 Å². The summed E-state index contributed by atoms with van der Waals surface area (Å²) < 4.78 is 7.69. The van der Waals surface area contributed by atoms with Crippen molar-refractivity contribution >= 4 is 51.7 Å². The van der Waals surface area contributed by atoms with Gasteiger partial charge in [0.2, 0.25) is 0 Å². The van der Waals surface area contributed by atoms with E-state index >= 15 is 0 Å². The number of hydrogen-bond acceptors (Lipinski definition) is 3. The summed E-state index contributed by atoms with van der Waals surface area (Å²) in [7, 11) is 0. The van der Waals surface area contributed by atoms with Gasteiger partial charge >= 0.3 is 6.85 Å². The molecule has 11 rings (SSSR count). The Morgan fingerprint density at radius 3 is 1.75 bits per heavy atom. The number of hydrogen-bond donors (Lipinski definition) is 0. The second-order valence-electron chi connectivity index (χ2n) is 26.0. The molecule has 3 heterocycles. The van der Waals surface area contributed by atoms with E-state index in [0.29, 0.717) is 6.54 Å². The first kappa shape index (κ1) is 45.0. The average Bonchev–Trinajstić information content (AvgIpc) is 3.66. The zero-order valence-corrected chi connectivity index (χ0v) is 43.8. The van der Waals surface area contributed by atoms with Gasteiger partial charge in [0.15, 0.2) is 0 Å². The molecule has 0 saturated heterocycles. The Morgan fingerprint density at radius 2 is 1.12 bits per heavy atom. The van der Waals surface area contributed by atoms with Crippen LogP contribution in [0.25, 0.3) is 33.2 Å². The van der Waals surface area contributed by atoms with Gasteiger partial charge in [-0.25, -0.2) is 0 Å². The van der Waals surface area contributed by atoms with Crippen LogP contribution in [0.2, 0.25) is 0 Å². The quantitative estimate of drug-likeness (QED) is 0.164. The van der Waals surface area contributed by atoms with Crippen LogP contribution in [0.5, 0.6) is 0 Å². The standard InChI is InChI=1S/C64H73BN2O/c1-39-31-47-46-34-43(60(5,6)7)23-26-53(46)67(44-24-25-49-50(35-44)62(10,11)28-27-61(49,8)9)65-56(47)54(32-39)66(38-41-21-22-42(59(2,3)4)33-45(41)40-19-17-16-18-20-40)57-48-36-51-52(37-55(48)68-58(57)65)64(14,15)30-29-63(51,12)13/h16-26,31-37H,27-30,38H2,1-15H3. The third kappa shape index (κ3) is 6.96. The van der Waals surface area contributed by atoms with Crippen LogP contribution in [-0.2, 0) is 39.0 Å². The molecule has 1 aromatic heterocycles. The third-order valence-corrected chi connectivity index (χ3v) is 17.2. The molecular weight excluding hydrogens is 824 g/mol. The van der Waals surface area contributed by atoms with Gasteiger partial charge in [-0.15, -0.1) is 0 Å². The number of furan rings is 1. The molecule has 0 amide bonds. The van der Waals surface area contributed by atoms with Gasteiger partial charge < -0.3 is 14.1 Å². The molecule has 4 aliphatic rings. The number of benzene rings is 6. The summed E-state index contributed by atoms with van der Waals surface area (Å²) in [6.07, 6.45) is 4.66. The first-order chi connectivity index (χ1) is 31.8. The molecule has 68 heavy (non-hydrogen) atoms. The third-order valence-electron chi connectivity index (χ3n) is 17.2. The Labute approximate surface area is 408 Å². The number of aryl methyl sites for hydroxylation is 1. The highest BCUT2D eigenvalue weighted by Crippen LogP contribution is 2.53. The minimum absolute atomic E-state index is 0.00797. The molecule has 0 atom stereocenters. The fourth-order valence-corrected chi connectivity index (χ4v) is 12.6. The van der Waals surface area contributed by atoms with Crippen LogP contribution in [-0.4, -0.2) is 6.85 Å². The first-order valence-electron chi connectivity index (χ1n) is 25.7. The van der Waals surface area contributed by atoms with Crippen LogP contribution < -0.4 is 20.8 Å². The van der Waals surface area contributed by atoms with E-state index in [1.54, 1.807) is 0 Å². The van der Waals surface area contributed by atoms with E-state index in [1.165, 1.54) is 113 Å². The fourth-order valence-electron chi connectivity index (χ4n) is 12.6. The molecule has 0 fully saturated rings. The smallest absolute Gasteiger partial charge is 0.375 e. The van der Waals surface area contributed by atoms with Gasteiger partial charge in [-0.2, -0.15) is 0 Å². The molecule has 2 aliphatic carbocycles. The van der Waals surface area contributed by atoms with Gasteiger partial charge in [-0.1, -0.05) is 164 Å². The summed E-state index contributed by atoms with van der Waals surface area (Å²) in [6, 6.07) is 43.1. The van der Waals surface area contributed by atoms with E-state index in [9.17, 15) is 0 Å². The molecule has 348 valence electrons. The largest absolute Gasteiger partial charge is 0.466 e. The van der Waals surface area contributed by atoms with Gasteiger partial charge in [0.1, 0.15) is 11.2 Å². The lowest BCUT2D eigenvalue weighted by atomic mass is 9.45. The normalized spacial score (nSPS) is 18.4. The molecule has 6 aromatic carbocycles. The lowest BCUT2D eigenvalue weighted by Gasteiger charge is -2.46. The highest BCUT2D eigenvalue weighted by Gasteiger charge is 2.50. The molecule has 0 radical (unpaired) electrons. The summed E-state index contributed by atoms with van der Waals surface area (Å²) >= 11 is 0. The van der Waals surface area contributed by atoms with Crippen LogP contribution in [0.15, 0.2) is 114 Å². The number of rotatable bonds is 4. The van der Waals surface area contributed by atoms with E-state index in [4.69, 9.17) is 4.42 Å². The maximum absolute atomic E-state index is 7.69. The van der Waals surface area contributed by atoms with Crippen molar-refractivity contribution in [3.8, 4) is 22.3 Å². The van der Waals surface area contributed by atoms with E-state index in [-0.39, 0.29) is 39.3 Å². The van der Waals surface area contributed by atoms with Crippen LogP contribution >= 0.6 is 0 Å². The first-order valence-corrected chi connectivity index (χ1v) is 25.7. The second-order valence-corrected chi connectivity index (χ2v) is 26.0. The van der Waals surface area contributed by atoms with Crippen LogP contribution in [0.4, 0.5) is 22.7 Å². The van der Waals surface area contributed by atoms with Crippen LogP contribution in [0, 0.1) is 6.92 Å². The molecular formula is C64H73BN2O. The molecule has 0 N–H and O–H groups in total. The van der Waals surface area contributed by atoms with Crippen molar-refractivity contribution in [3.05, 3.63) is 154 Å². The monoisotopic (exact) mass is 897 g/mol.